The van der Waals surface area contributed by atoms with E-state index < -0.39 is 0 Å². The standard InChI is InChI=1S/C9H17NO3/c1-3-7(2)10-5-4-8(6-11)13-9(10)12/h7-8,11H,3-6H2,1-2H3. The third kappa shape index (κ3) is 2.34. The monoisotopic (exact) mass is 187 g/mol. The topological polar surface area (TPSA) is 49.8 Å². The lowest BCUT2D eigenvalue weighted by molar-refractivity contribution is -0.0102. The number of ether oxygens (including phenoxy) is 1. The molecule has 0 spiro atoms. The number of aliphatic hydroxyl groups is 1. The lowest BCUT2D eigenvalue weighted by Gasteiger charge is -2.34. The van der Waals surface area contributed by atoms with E-state index in [1.165, 1.54) is 0 Å². The summed E-state index contributed by atoms with van der Waals surface area (Å²) in [5.41, 5.74) is 0. The minimum absolute atomic E-state index is 0.0694. The van der Waals surface area contributed by atoms with Crippen molar-refractivity contribution < 1.29 is 14.6 Å². The van der Waals surface area contributed by atoms with E-state index in [4.69, 9.17) is 9.84 Å². The van der Waals surface area contributed by atoms with Crippen LogP contribution in [0.25, 0.3) is 0 Å². The van der Waals surface area contributed by atoms with E-state index in [0.717, 1.165) is 12.8 Å². The number of carbonyl (C=O) groups is 1. The van der Waals surface area contributed by atoms with Crippen molar-refractivity contribution in [2.75, 3.05) is 13.2 Å². The Kier molecular flexibility index (Phi) is 3.54. The van der Waals surface area contributed by atoms with Crippen LogP contribution in [0.1, 0.15) is 26.7 Å². The van der Waals surface area contributed by atoms with Gasteiger partial charge >= 0.3 is 6.09 Å². The Hall–Kier alpha value is -0.770. The van der Waals surface area contributed by atoms with Gasteiger partial charge in [-0.3, -0.25) is 0 Å². The Morgan fingerprint density at radius 3 is 2.92 bits per heavy atom. The van der Waals surface area contributed by atoms with Gasteiger partial charge in [-0.05, 0) is 13.3 Å². The van der Waals surface area contributed by atoms with Gasteiger partial charge in [0.2, 0.25) is 0 Å². The lowest BCUT2D eigenvalue weighted by atomic mass is 10.1. The molecule has 0 bridgehead atoms. The van der Waals surface area contributed by atoms with Crippen molar-refractivity contribution in [3.05, 3.63) is 0 Å². The van der Waals surface area contributed by atoms with Crippen LogP contribution in [0.3, 0.4) is 0 Å². The van der Waals surface area contributed by atoms with Crippen LogP contribution in [-0.2, 0) is 4.74 Å². The largest absolute Gasteiger partial charge is 0.444 e. The van der Waals surface area contributed by atoms with Crippen LogP contribution in [0.5, 0.6) is 0 Å². The molecule has 1 N–H and O–H groups in total. The molecule has 13 heavy (non-hydrogen) atoms. The Morgan fingerprint density at radius 1 is 1.77 bits per heavy atom. The molecule has 0 radical (unpaired) electrons. The van der Waals surface area contributed by atoms with E-state index in [1.54, 1.807) is 4.90 Å². The summed E-state index contributed by atoms with van der Waals surface area (Å²) in [4.78, 5) is 13.1. The number of hydrogen-bond donors (Lipinski definition) is 1. The van der Waals surface area contributed by atoms with Gasteiger partial charge in [0.05, 0.1) is 6.61 Å². The molecule has 0 aliphatic carbocycles. The summed E-state index contributed by atoms with van der Waals surface area (Å²) in [6.07, 6.45) is 1.07. The Labute approximate surface area is 78.5 Å². The van der Waals surface area contributed by atoms with Crippen molar-refractivity contribution >= 4 is 6.09 Å². The first-order valence-electron chi connectivity index (χ1n) is 4.77. The van der Waals surface area contributed by atoms with Gasteiger partial charge in [-0.1, -0.05) is 6.92 Å². The summed E-state index contributed by atoms with van der Waals surface area (Å²) in [7, 11) is 0. The van der Waals surface area contributed by atoms with E-state index in [-0.39, 0.29) is 24.8 Å². The number of cyclic esters (lactones) is 1. The fraction of sp³-hybridized carbons (Fsp3) is 0.889. The number of rotatable bonds is 3. The zero-order valence-corrected chi connectivity index (χ0v) is 8.19. The van der Waals surface area contributed by atoms with E-state index in [0.29, 0.717) is 6.54 Å². The molecule has 2 unspecified atom stereocenters. The number of hydrogen-bond acceptors (Lipinski definition) is 3. The maximum absolute atomic E-state index is 11.4. The van der Waals surface area contributed by atoms with Gasteiger partial charge in [0, 0.05) is 19.0 Å². The van der Waals surface area contributed by atoms with Crippen LogP contribution >= 0.6 is 0 Å². The summed E-state index contributed by atoms with van der Waals surface area (Å²) in [6.45, 7) is 4.66. The van der Waals surface area contributed by atoms with Gasteiger partial charge in [0.1, 0.15) is 6.10 Å². The highest BCUT2D eigenvalue weighted by atomic mass is 16.6. The van der Waals surface area contributed by atoms with Crippen LogP contribution in [0.2, 0.25) is 0 Å². The normalized spacial score (nSPS) is 25.6. The van der Waals surface area contributed by atoms with E-state index in [2.05, 4.69) is 0 Å². The fourth-order valence-electron chi connectivity index (χ4n) is 1.39. The molecule has 0 aromatic heterocycles. The highest BCUT2D eigenvalue weighted by Crippen LogP contribution is 2.15. The fourth-order valence-corrected chi connectivity index (χ4v) is 1.39. The third-order valence-corrected chi connectivity index (χ3v) is 2.52. The molecule has 1 fully saturated rings. The van der Waals surface area contributed by atoms with Crippen LogP contribution in [0.4, 0.5) is 4.79 Å². The van der Waals surface area contributed by atoms with Crippen molar-refractivity contribution in [3.8, 4) is 0 Å². The molecule has 76 valence electrons. The highest BCUT2D eigenvalue weighted by molar-refractivity contribution is 5.68. The second-order valence-electron chi connectivity index (χ2n) is 3.43. The maximum atomic E-state index is 11.4. The number of carbonyl (C=O) groups excluding carboxylic acids is 1. The summed E-state index contributed by atoms with van der Waals surface area (Å²) < 4.78 is 5.01. The molecule has 1 aliphatic rings. The van der Waals surface area contributed by atoms with Gasteiger partial charge < -0.3 is 14.7 Å². The van der Waals surface area contributed by atoms with Gasteiger partial charge in [0.25, 0.3) is 0 Å². The molecular formula is C9H17NO3. The smallest absolute Gasteiger partial charge is 0.410 e. The molecule has 2 atom stereocenters. The average Bonchev–Trinajstić information content (AvgIpc) is 2.16. The molecule has 0 saturated carbocycles. The SMILES string of the molecule is CCC(C)N1CCC(CO)OC1=O. The van der Waals surface area contributed by atoms with Gasteiger partial charge in [0.15, 0.2) is 0 Å². The first-order valence-corrected chi connectivity index (χ1v) is 4.77. The number of amides is 1. The Bertz CT molecular complexity index is 184. The second kappa shape index (κ2) is 4.46. The molecule has 1 saturated heterocycles. The summed E-state index contributed by atoms with van der Waals surface area (Å²) >= 11 is 0. The van der Waals surface area contributed by atoms with E-state index in [1.807, 2.05) is 13.8 Å². The van der Waals surface area contributed by atoms with Crippen molar-refractivity contribution in [1.82, 2.24) is 4.90 Å². The van der Waals surface area contributed by atoms with Crippen LogP contribution < -0.4 is 0 Å². The van der Waals surface area contributed by atoms with Crippen LogP contribution in [0, 0.1) is 0 Å². The van der Waals surface area contributed by atoms with Crippen molar-refractivity contribution in [2.45, 2.75) is 38.8 Å². The molecule has 4 heteroatoms. The van der Waals surface area contributed by atoms with Gasteiger partial charge in [-0.25, -0.2) is 4.79 Å². The van der Waals surface area contributed by atoms with Crippen LogP contribution in [0.15, 0.2) is 0 Å². The van der Waals surface area contributed by atoms with E-state index >= 15 is 0 Å². The van der Waals surface area contributed by atoms with E-state index in [9.17, 15) is 4.79 Å². The summed E-state index contributed by atoms with van der Waals surface area (Å²) in [6, 6.07) is 0.229. The molecule has 1 aliphatic heterocycles. The van der Waals surface area contributed by atoms with Crippen LogP contribution in [-0.4, -0.2) is 41.4 Å². The second-order valence-corrected chi connectivity index (χ2v) is 3.43. The van der Waals surface area contributed by atoms with Crippen molar-refractivity contribution in [3.63, 3.8) is 0 Å². The van der Waals surface area contributed by atoms with Gasteiger partial charge in [-0.15, -0.1) is 0 Å². The van der Waals surface area contributed by atoms with Gasteiger partial charge in [-0.2, -0.15) is 0 Å². The lowest BCUT2D eigenvalue weighted by Crippen LogP contribution is -2.47. The molecular weight excluding hydrogens is 170 g/mol. The zero-order chi connectivity index (χ0) is 9.84. The Morgan fingerprint density at radius 2 is 2.46 bits per heavy atom. The molecule has 0 aromatic carbocycles. The molecule has 1 amide bonds. The summed E-state index contributed by atoms with van der Waals surface area (Å²) in [5.74, 6) is 0. The predicted molar refractivity (Wildman–Crippen MR) is 48.4 cm³/mol. The first-order chi connectivity index (χ1) is 6.19. The minimum atomic E-state index is -0.298. The molecule has 1 rings (SSSR count). The summed E-state index contributed by atoms with van der Waals surface area (Å²) in [5, 5.41) is 8.80. The number of aliphatic hydroxyl groups excluding tert-OH is 1. The Balaban J connectivity index is 2.48. The minimum Gasteiger partial charge on any atom is -0.444 e. The maximum Gasteiger partial charge on any atom is 0.410 e. The highest BCUT2D eigenvalue weighted by Gasteiger charge is 2.28. The van der Waals surface area contributed by atoms with Crippen molar-refractivity contribution in [2.24, 2.45) is 0 Å². The quantitative estimate of drug-likeness (QED) is 0.716. The average molecular weight is 187 g/mol. The molecule has 1 heterocycles. The molecule has 4 nitrogen and oxygen atoms in total. The van der Waals surface area contributed by atoms with Crippen molar-refractivity contribution in [1.29, 1.82) is 0 Å². The predicted octanol–water partition coefficient (Wildman–Crippen LogP) is 0.988. The number of nitrogens with zero attached hydrogens (tertiary/aromatic N) is 1. The third-order valence-electron chi connectivity index (χ3n) is 2.52. The zero-order valence-electron chi connectivity index (χ0n) is 8.19. The first kappa shape index (κ1) is 10.3. The molecule has 0 aromatic rings.